The van der Waals surface area contributed by atoms with Crippen LogP contribution in [-0.2, 0) is 0 Å². The Morgan fingerprint density at radius 2 is 1.17 bits per heavy atom. The van der Waals surface area contributed by atoms with E-state index < -0.39 is 0 Å². The molecule has 0 fully saturated rings. The number of benzene rings is 3. The summed E-state index contributed by atoms with van der Waals surface area (Å²) in [5, 5.41) is 6.86. The molecule has 29 heavy (non-hydrogen) atoms. The minimum Gasteiger partial charge on any atom is -0.309 e. The van der Waals surface area contributed by atoms with Gasteiger partial charge in [0.05, 0.1) is 11.0 Å². The fourth-order valence-electron chi connectivity index (χ4n) is 4.06. The highest BCUT2D eigenvalue weighted by Gasteiger charge is 2.13. The first-order valence-electron chi connectivity index (χ1n) is 9.60. The molecule has 0 atom stereocenters. The molecule has 6 rings (SSSR count). The van der Waals surface area contributed by atoms with Gasteiger partial charge in [-0.15, -0.1) is 22.7 Å². The van der Waals surface area contributed by atoms with Crippen LogP contribution in [-0.4, -0.2) is 4.57 Å². The van der Waals surface area contributed by atoms with E-state index in [0.717, 1.165) is 0 Å². The maximum Gasteiger partial charge on any atom is 0.0541 e. The maximum atomic E-state index is 2.38. The molecule has 3 aromatic heterocycles. The zero-order valence-electron chi connectivity index (χ0n) is 15.6. The van der Waals surface area contributed by atoms with Crippen LogP contribution in [0.2, 0.25) is 0 Å². The van der Waals surface area contributed by atoms with E-state index in [2.05, 4.69) is 106 Å². The van der Waals surface area contributed by atoms with Gasteiger partial charge in [-0.05, 0) is 64.4 Å². The Hall–Kier alpha value is -3.14. The number of thiophene rings is 2. The van der Waals surface area contributed by atoms with Crippen LogP contribution >= 0.6 is 22.7 Å². The fourth-order valence-corrected chi connectivity index (χ4v) is 5.52. The van der Waals surface area contributed by atoms with Crippen LogP contribution in [0.25, 0.3) is 48.4 Å². The van der Waals surface area contributed by atoms with Crippen molar-refractivity contribution in [2.24, 2.45) is 0 Å². The molecule has 0 aliphatic heterocycles. The van der Waals surface area contributed by atoms with Crippen LogP contribution in [0.1, 0.15) is 0 Å². The molecule has 6 aromatic rings. The van der Waals surface area contributed by atoms with E-state index in [9.17, 15) is 0 Å². The van der Waals surface area contributed by atoms with Gasteiger partial charge in [0.25, 0.3) is 0 Å². The largest absolute Gasteiger partial charge is 0.309 e. The van der Waals surface area contributed by atoms with E-state index in [1.165, 1.54) is 48.4 Å². The molecule has 138 valence electrons. The number of nitrogens with zero attached hydrogens (tertiary/aromatic N) is 1. The quantitative estimate of drug-likeness (QED) is 0.278. The van der Waals surface area contributed by atoms with Gasteiger partial charge < -0.3 is 4.57 Å². The van der Waals surface area contributed by atoms with E-state index in [4.69, 9.17) is 0 Å². The molecule has 1 nitrogen and oxygen atoms in total. The van der Waals surface area contributed by atoms with Crippen LogP contribution in [0.15, 0.2) is 102 Å². The molecule has 3 heterocycles. The monoisotopic (exact) mass is 407 g/mol. The summed E-state index contributed by atoms with van der Waals surface area (Å²) in [4.78, 5) is 2.61. The normalized spacial score (nSPS) is 11.4. The van der Waals surface area contributed by atoms with Gasteiger partial charge >= 0.3 is 0 Å². The lowest BCUT2D eigenvalue weighted by molar-refractivity contribution is 1.18. The van der Waals surface area contributed by atoms with Gasteiger partial charge in [0.2, 0.25) is 0 Å². The molecule has 0 radical (unpaired) electrons. The fraction of sp³-hybridized carbons (Fsp3) is 0. The SMILES string of the molecule is c1csc(-c2ccc(-n3c4ccccc4c4cc(-c5cccs5)ccc43)cc2)c1. The summed E-state index contributed by atoms with van der Waals surface area (Å²) in [7, 11) is 0. The van der Waals surface area contributed by atoms with Crippen molar-refractivity contribution in [3.05, 3.63) is 102 Å². The average molecular weight is 408 g/mol. The topological polar surface area (TPSA) is 4.93 Å². The van der Waals surface area contributed by atoms with Crippen LogP contribution in [0.3, 0.4) is 0 Å². The highest BCUT2D eigenvalue weighted by Crippen LogP contribution is 2.36. The zero-order chi connectivity index (χ0) is 19.2. The first-order valence-corrected chi connectivity index (χ1v) is 11.4. The molecule has 0 saturated heterocycles. The molecule has 0 bridgehead atoms. The maximum absolute atomic E-state index is 2.38. The Kier molecular flexibility index (Phi) is 3.89. The van der Waals surface area contributed by atoms with Gasteiger partial charge in [-0.25, -0.2) is 0 Å². The Morgan fingerprint density at radius 1 is 0.517 bits per heavy atom. The van der Waals surface area contributed by atoms with Crippen LogP contribution in [0.5, 0.6) is 0 Å². The summed E-state index contributed by atoms with van der Waals surface area (Å²) in [6.07, 6.45) is 0. The first-order chi connectivity index (χ1) is 14.4. The first kappa shape index (κ1) is 16.8. The standard InChI is InChI=1S/C26H17NS2/c1-2-6-23-21(5-1)22-17-19(26-8-4-16-29-26)11-14-24(22)27(23)20-12-9-18(10-13-20)25-7-3-15-28-25/h1-17H. The Morgan fingerprint density at radius 3 is 1.90 bits per heavy atom. The molecule has 0 aliphatic carbocycles. The highest BCUT2D eigenvalue weighted by atomic mass is 32.1. The van der Waals surface area contributed by atoms with Crippen LogP contribution < -0.4 is 0 Å². The van der Waals surface area contributed by atoms with Gasteiger partial charge in [0.1, 0.15) is 0 Å². The lowest BCUT2D eigenvalue weighted by Crippen LogP contribution is -1.93. The molecule has 0 amide bonds. The van der Waals surface area contributed by atoms with Gasteiger partial charge in [-0.2, -0.15) is 0 Å². The van der Waals surface area contributed by atoms with Crippen molar-refractivity contribution in [3.8, 4) is 26.6 Å². The van der Waals surface area contributed by atoms with Crippen molar-refractivity contribution in [2.75, 3.05) is 0 Å². The number of fused-ring (bicyclic) bond motifs is 3. The van der Waals surface area contributed by atoms with Crippen molar-refractivity contribution < 1.29 is 0 Å². The molecule has 3 aromatic carbocycles. The summed E-state index contributed by atoms with van der Waals surface area (Å²) >= 11 is 3.57. The zero-order valence-corrected chi connectivity index (χ0v) is 17.2. The van der Waals surface area contributed by atoms with E-state index in [1.807, 2.05) is 0 Å². The summed E-state index contributed by atoms with van der Waals surface area (Å²) in [6, 6.07) is 33.0. The Labute approximate surface area is 177 Å². The summed E-state index contributed by atoms with van der Waals surface area (Å²) in [5.41, 5.74) is 6.23. The van der Waals surface area contributed by atoms with Crippen LogP contribution in [0.4, 0.5) is 0 Å². The third-order valence-corrected chi connectivity index (χ3v) is 7.25. The number of hydrogen-bond donors (Lipinski definition) is 0. The molecular formula is C26H17NS2. The van der Waals surface area contributed by atoms with E-state index in [-0.39, 0.29) is 0 Å². The predicted octanol–water partition coefficient (Wildman–Crippen LogP) is 8.24. The second-order valence-corrected chi connectivity index (χ2v) is 8.98. The molecular weight excluding hydrogens is 390 g/mol. The third kappa shape index (κ3) is 2.74. The summed E-state index contributed by atoms with van der Waals surface area (Å²) in [6.45, 7) is 0. The van der Waals surface area contributed by atoms with Crippen molar-refractivity contribution >= 4 is 44.5 Å². The van der Waals surface area contributed by atoms with Crippen molar-refractivity contribution in [3.63, 3.8) is 0 Å². The van der Waals surface area contributed by atoms with E-state index >= 15 is 0 Å². The predicted molar refractivity (Wildman–Crippen MR) is 127 cm³/mol. The number of aromatic nitrogens is 1. The lowest BCUT2D eigenvalue weighted by atomic mass is 10.1. The molecule has 3 heteroatoms. The lowest BCUT2D eigenvalue weighted by Gasteiger charge is -2.09. The third-order valence-electron chi connectivity index (χ3n) is 5.41. The van der Waals surface area contributed by atoms with Crippen molar-refractivity contribution in [2.45, 2.75) is 0 Å². The van der Waals surface area contributed by atoms with E-state index in [0.29, 0.717) is 0 Å². The number of hydrogen-bond acceptors (Lipinski definition) is 2. The van der Waals surface area contributed by atoms with Crippen molar-refractivity contribution in [1.82, 2.24) is 4.57 Å². The highest BCUT2D eigenvalue weighted by molar-refractivity contribution is 7.13. The molecule has 0 spiro atoms. The summed E-state index contributed by atoms with van der Waals surface area (Å²) < 4.78 is 2.38. The number of rotatable bonds is 3. The van der Waals surface area contributed by atoms with E-state index in [1.54, 1.807) is 22.7 Å². The van der Waals surface area contributed by atoms with Crippen LogP contribution in [0, 0.1) is 0 Å². The van der Waals surface area contributed by atoms with Crippen molar-refractivity contribution in [1.29, 1.82) is 0 Å². The number of para-hydroxylation sites is 1. The summed E-state index contributed by atoms with van der Waals surface area (Å²) in [5.74, 6) is 0. The molecule has 0 saturated carbocycles. The van der Waals surface area contributed by atoms with Gasteiger partial charge in [-0.3, -0.25) is 0 Å². The Balaban J connectivity index is 1.57. The van der Waals surface area contributed by atoms with Gasteiger partial charge in [0.15, 0.2) is 0 Å². The molecule has 0 aliphatic rings. The second-order valence-electron chi connectivity index (χ2n) is 7.09. The minimum atomic E-state index is 1.19. The molecule has 0 N–H and O–H groups in total. The average Bonchev–Trinajstić information content (AvgIpc) is 3.54. The smallest absolute Gasteiger partial charge is 0.0541 e. The van der Waals surface area contributed by atoms with Gasteiger partial charge in [0, 0.05) is 26.2 Å². The minimum absolute atomic E-state index is 1.19. The Bertz CT molecular complexity index is 1420. The molecule has 0 unspecified atom stereocenters. The van der Waals surface area contributed by atoms with Gasteiger partial charge in [-0.1, -0.05) is 48.5 Å². The second kappa shape index (κ2) is 6.73.